The van der Waals surface area contributed by atoms with Gasteiger partial charge in [0.15, 0.2) is 17.1 Å². The number of carbonyl (C=O) groups is 1. The highest BCUT2D eigenvalue weighted by molar-refractivity contribution is 7.38. The Hall–Kier alpha value is -4.07. The smallest absolute Gasteiger partial charge is 0.345 e. The quantitative estimate of drug-likeness (QED) is 0.151. The summed E-state index contributed by atoms with van der Waals surface area (Å²) in [5, 5.41) is 12.8. The summed E-state index contributed by atoms with van der Waals surface area (Å²) in [5.41, 5.74) is 1.32. The number of non-ortho nitro benzene ring substituents is 1. The van der Waals surface area contributed by atoms with E-state index in [1.807, 2.05) is 38.1 Å². The first-order valence-corrected chi connectivity index (χ1v) is 11.7. The van der Waals surface area contributed by atoms with Gasteiger partial charge in [0, 0.05) is 46.4 Å². The Morgan fingerprint density at radius 2 is 1.79 bits per heavy atom. The number of esters is 1. The summed E-state index contributed by atoms with van der Waals surface area (Å²) in [6.07, 6.45) is 5.61. The number of rotatable bonds is 6. The molecule has 0 aliphatic heterocycles. The second kappa shape index (κ2) is 10.2. The standard InChI is InChI=1S/C27H24NO5S/c1-6-23-8-7-15-34(23)24-16-19(2)26(20(3)17-24)32-18-25(29)33-27(4,5)14-13-21-9-11-22(12-10-21)28(30)31/h1,7-12,15-17H,18H2,2-5H3/q+1. The molecule has 0 aliphatic carbocycles. The number of terminal acetylenes is 1. The lowest BCUT2D eigenvalue weighted by molar-refractivity contribution is -0.384. The number of ether oxygens (including phenoxy) is 2. The first-order valence-electron chi connectivity index (χ1n) is 10.4. The lowest BCUT2D eigenvalue weighted by atomic mass is 10.1. The fourth-order valence-electron chi connectivity index (χ4n) is 3.29. The van der Waals surface area contributed by atoms with Gasteiger partial charge in [0.05, 0.1) is 4.92 Å². The minimum Gasteiger partial charge on any atom is -0.481 e. The topological polar surface area (TPSA) is 78.7 Å². The lowest BCUT2D eigenvalue weighted by Gasteiger charge is -2.19. The summed E-state index contributed by atoms with van der Waals surface area (Å²) in [5.74, 6) is 8.57. The van der Waals surface area contributed by atoms with Crippen molar-refractivity contribution in [2.45, 2.75) is 33.3 Å². The first kappa shape index (κ1) is 24.6. The van der Waals surface area contributed by atoms with E-state index in [1.165, 1.54) is 12.1 Å². The minimum absolute atomic E-state index is 0.0138. The summed E-state index contributed by atoms with van der Waals surface area (Å²) < 4.78 is 11.3. The number of aryl methyl sites for hydroxylation is 2. The second-order valence-electron chi connectivity index (χ2n) is 8.05. The van der Waals surface area contributed by atoms with Crippen molar-refractivity contribution in [2.24, 2.45) is 0 Å². The highest BCUT2D eigenvalue weighted by Crippen LogP contribution is 2.38. The zero-order valence-corrected chi connectivity index (χ0v) is 20.2. The normalized spacial score (nSPS) is 11.1. The second-order valence-corrected chi connectivity index (χ2v) is 9.91. The van der Waals surface area contributed by atoms with Crippen LogP contribution in [-0.2, 0) is 9.53 Å². The van der Waals surface area contributed by atoms with Crippen LogP contribution in [-0.4, -0.2) is 23.1 Å². The van der Waals surface area contributed by atoms with Crippen molar-refractivity contribution >= 4 is 22.1 Å². The van der Waals surface area contributed by atoms with Crippen LogP contribution in [0.25, 0.3) is 4.90 Å². The molecule has 1 aromatic heterocycles. The average molecular weight is 475 g/mol. The van der Waals surface area contributed by atoms with E-state index in [-0.39, 0.29) is 22.8 Å². The molecule has 3 aromatic rings. The summed E-state index contributed by atoms with van der Waals surface area (Å²) in [7, 11) is -0.257. The summed E-state index contributed by atoms with van der Waals surface area (Å²) in [6.45, 7) is 6.94. The number of hydrogen-bond acceptors (Lipinski definition) is 5. The molecule has 172 valence electrons. The van der Waals surface area contributed by atoms with E-state index in [0.29, 0.717) is 11.3 Å². The fraction of sp³-hybridized carbons (Fsp3) is 0.222. The number of thiophene rings is 1. The van der Waals surface area contributed by atoms with Crippen molar-refractivity contribution in [1.82, 2.24) is 0 Å². The molecule has 1 atom stereocenters. The Kier molecular flexibility index (Phi) is 7.40. The molecule has 34 heavy (non-hydrogen) atoms. The highest BCUT2D eigenvalue weighted by atomic mass is 32.2. The van der Waals surface area contributed by atoms with Gasteiger partial charge in [0.2, 0.25) is 4.88 Å². The number of carbonyl (C=O) groups excluding carboxylic acids is 1. The number of benzene rings is 2. The van der Waals surface area contributed by atoms with Gasteiger partial charge in [-0.2, -0.15) is 0 Å². The van der Waals surface area contributed by atoms with Gasteiger partial charge in [-0.05, 0) is 62.9 Å². The molecule has 1 heterocycles. The van der Waals surface area contributed by atoms with E-state index < -0.39 is 16.5 Å². The molecule has 0 saturated carbocycles. The zero-order valence-electron chi connectivity index (χ0n) is 19.4. The third-order valence-electron chi connectivity index (χ3n) is 4.82. The number of nitro groups is 1. The van der Waals surface area contributed by atoms with Gasteiger partial charge in [-0.3, -0.25) is 10.1 Å². The molecule has 2 aromatic carbocycles. The van der Waals surface area contributed by atoms with Crippen molar-refractivity contribution in [2.75, 3.05) is 6.61 Å². The van der Waals surface area contributed by atoms with Gasteiger partial charge >= 0.3 is 5.97 Å². The van der Waals surface area contributed by atoms with E-state index in [4.69, 9.17) is 15.9 Å². The van der Waals surface area contributed by atoms with E-state index in [9.17, 15) is 14.9 Å². The molecule has 0 saturated heterocycles. The van der Waals surface area contributed by atoms with Crippen LogP contribution < -0.4 is 4.74 Å². The number of hydrogen-bond donors (Lipinski definition) is 0. The first-order chi connectivity index (χ1) is 16.1. The van der Waals surface area contributed by atoms with Crippen molar-refractivity contribution in [1.29, 1.82) is 0 Å². The molecule has 0 spiro atoms. The molecule has 0 N–H and O–H groups in total. The summed E-state index contributed by atoms with van der Waals surface area (Å²) in [6, 6.07) is 13.8. The predicted molar refractivity (Wildman–Crippen MR) is 133 cm³/mol. The van der Waals surface area contributed by atoms with E-state index >= 15 is 0 Å². The fourth-order valence-corrected chi connectivity index (χ4v) is 5.05. The van der Waals surface area contributed by atoms with Crippen LogP contribution in [0.15, 0.2) is 53.9 Å². The molecule has 6 nitrogen and oxygen atoms in total. The molecular weight excluding hydrogens is 450 g/mol. The zero-order chi connectivity index (χ0) is 24.9. The largest absolute Gasteiger partial charge is 0.481 e. The minimum atomic E-state index is -1.07. The van der Waals surface area contributed by atoms with Crippen molar-refractivity contribution < 1.29 is 19.2 Å². The van der Waals surface area contributed by atoms with Gasteiger partial charge in [-0.1, -0.05) is 11.8 Å². The molecule has 0 amide bonds. The third-order valence-corrected chi connectivity index (χ3v) is 6.72. The lowest BCUT2D eigenvalue weighted by Crippen LogP contribution is -2.29. The maximum atomic E-state index is 12.4. The molecule has 0 radical (unpaired) electrons. The maximum Gasteiger partial charge on any atom is 0.345 e. The Labute approximate surface area is 201 Å². The van der Waals surface area contributed by atoms with E-state index in [1.54, 1.807) is 26.0 Å². The van der Waals surface area contributed by atoms with Crippen LogP contribution in [0.2, 0.25) is 0 Å². The average Bonchev–Trinajstić information content (AvgIpc) is 3.26. The molecule has 0 fully saturated rings. The van der Waals surface area contributed by atoms with Crippen LogP contribution in [0.1, 0.15) is 35.4 Å². The molecule has 3 rings (SSSR count). The van der Waals surface area contributed by atoms with Crippen LogP contribution in [0.5, 0.6) is 5.75 Å². The van der Waals surface area contributed by atoms with Crippen LogP contribution in [0.4, 0.5) is 5.69 Å². The van der Waals surface area contributed by atoms with Crippen LogP contribution >= 0.6 is 10.5 Å². The van der Waals surface area contributed by atoms with Gasteiger partial charge in [0.25, 0.3) is 5.69 Å². The van der Waals surface area contributed by atoms with Gasteiger partial charge in [-0.15, -0.1) is 6.42 Å². The molecule has 0 aliphatic rings. The Morgan fingerprint density at radius 1 is 1.15 bits per heavy atom. The Balaban J connectivity index is 1.64. The van der Waals surface area contributed by atoms with Gasteiger partial charge in [-0.25, -0.2) is 4.79 Å². The van der Waals surface area contributed by atoms with Crippen LogP contribution in [0.3, 0.4) is 0 Å². The van der Waals surface area contributed by atoms with Crippen molar-refractivity contribution in [3.05, 3.63) is 85.6 Å². The Morgan fingerprint density at radius 3 is 2.38 bits per heavy atom. The highest BCUT2D eigenvalue weighted by Gasteiger charge is 2.22. The molecule has 1 unspecified atom stereocenters. The summed E-state index contributed by atoms with van der Waals surface area (Å²) in [4.78, 5) is 24.7. The van der Waals surface area contributed by atoms with Crippen molar-refractivity contribution in [3.8, 4) is 34.8 Å². The summed E-state index contributed by atoms with van der Waals surface area (Å²) >= 11 is 0. The molecular formula is C27H24NO5S+. The van der Waals surface area contributed by atoms with E-state index in [2.05, 4.69) is 23.1 Å². The predicted octanol–water partition coefficient (Wildman–Crippen LogP) is 5.68. The Bertz CT molecular complexity index is 1310. The van der Waals surface area contributed by atoms with Crippen LogP contribution in [0, 0.1) is 48.1 Å². The van der Waals surface area contributed by atoms with E-state index in [0.717, 1.165) is 20.9 Å². The molecule has 0 bridgehead atoms. The number of nitro benzene ring substituents is 1. The van der Waals surface area contributed by atoms with Gasteiger partial charge < -0.3 is 9.47 Å². The monoisotopic (exact) mass is 474 g/mol. The molecule has 7 heteroatoms. The maximum absolute atomic E-state index is 12.4. The van der Waals surface area contributed by atoms with Crippen molar-refractivity contribution in [3.63, 3.8) is 0 Å². The number of nitrogens with zero attached hydrogens (tertiary/aromatic N) is 1. The third kappa shape index (κ3) is 6.04. The SMILES string of the molecule is C#Cc1ccc[s+]1-c1cc(C)c(OCC(=O)OC(C)(C)C#Cc2ccc([N+](=O)[O-])cc2)c(C)c1. The van der Waals surface area contributed by atoms with Gasteiger partial charge in [0.1, 0.15) is 11.1 Å².